The number of nitrogens with zero attached hydrogens (tertiary/aromatic N) is 1. The topological polar surface area (TPSA) is 54.5 Å². The monoisotopic (exact) mass is 315 g/mol. The Morgan fingerprint density at radius 2 is 1.36 bits per heavy atom. The third-order valence-corrected chi connectivity index (χ3v) is 5.48. The van der Waals surface area contributed by atoms with Crippen molar-refractivity contribution in [2.24, 2.45) is 0 Å². The van der Waals surface area contributed by atoms with Crippen molar-refractivity contribution in [1.29, 1.82) is 0 Å². The van der Waals surface area contributed by atoms with Crippen LogP contribution in [0.25, 0.3) is 11.1 Å². The van der Waals surface area contributed by atoms with E-state index in [4.69, 9.17) is 0 Å². The van der Waals surface area contributed by atoms with Crippen molar-refractivity contribution >= 4 is 15.7 Å². The van der Waals surface area contributed by atoms with Gasteiger partial charge in [-0.3, -0.25) is 4.79 Å². The van der Waals surface area contributed by atoms with Gasteiger partial charge in [-0.1, -0.05) is 42.5 Å². The van der Waals surface area contributed by atoms with Gasteiger partial charge in [-0.25, -0.2) is 8.42 Å². The van der Waals surface area contributed by atoms with Gasteiger partial charge in [0.1, 0.15) is 0 Å². The highest BCUT2D eigenvalue weighted by atomic mass is 32.2. The van der Waals surface area contributed by atoms with Crippen LogP contribution >= 0.6 is 0 Å². The number of rotatable bonds is 2. The molecule has 0 spiro atoms. The lowest BCUT2D eigenvalue weighted by Crippen LogP contribution is -2.43. The molecule has 0 radical (unpaired) electrons. The van der Waals surface area contributed by atoms with Crippen molar-refractivity contribution in [2.75, 3.05) is 24.6 Å². The summed E-state index contributed by atoms with van der Waals surface area (Å²) in [5.74, 6) is 0.0105. The summed E-state index contributed by atoms with van der Waals surface area (Å²) in [5, 5.41) is 0. The average molecular weight is 315 g/mol. The fraction of sp³-hybridized carbons (Fsp3) is 0.235. The number of hydrogen-bond acceptors (Lipinski definition) is 3. The van der Waals surface area contributed by atoms with Crippen LogP contribution in [0.15, 0.2) is 54.6 Å². The molecule has 0 unspecified atom stereocenters. The van der Waals surface area contributed by atoms with Crippen LogP contribution in [0.4, 0.5) is 0 Å². The van der Waals surface area contributed by atoms with Crippen molar-refractivity contribution in [3.05, 3.63) is 60.2 Å². The molecule has 2 aromatic carbocycles. The maximum atomic E-state index is 12.4. The van der Waals surface area contributed by atoms with Crippen LogP contribution in [0, 0.1) is 0 Å². The van der Waals surface area contributed by atoms with Gasteiger partial charge < -0.3 is 4.90 Å². The summed E-state index contributed by atoms with van der Waals surface area (Å²) in [6.45, 7) is 0.559. The molecule has 0 saturated carbocycles. The van der Waals surface area contributed by atoms with E-state index in [1.54, 1.807) is 17.0 Å². The largest absolute Gasteiger partial charge is 0.337 e. The van der Waals surface area contributed by atoms with E-state index in [0.717, 1.165) is 11.1 Å². The zero-order valence-corrected chi connectivity index (χ0v) is 12.9. The summed E-state index contributed by atoms with van der Waals surface area (Å²) < 4.78 is 22.8. The molecule has 4 nitrogen and oxygen atoms in total. The molecule has 1 aliphatic rings. The standard InChI is InChI=1S/C17H17NO3S/c19-17(18-10-12-22(20,21)13-11-18)16-8-6-15(7-9-16)14-4-2-1-3-5-14/h1-9H,10-13H2. The highest BCUT2D eigenvalue weighted by Crippen LogP contribution is 2.20. The zero-order chi connectivity index (χ0) is 15.6. The van der Waals surface area contributed by atoms with Crippen molar-refractivity contribution in [3.63, 3.8) is 0 Å². The molecule has 0 bridgehead atoms. The molecule has 1 saturated heterocycles. The van der Waals surface area contributed by atoms with Gasteiger partial charge in [-0.05, 0) is 23.3 Å². The fourth-order valence-corrected chi connectivity index (χ4v) is 3.74. The first kappa shape index (κ1) is 14.8. The molecule has 0 N–H and O–H groups in total. The van der Waals surface area contributed by atoms with Gasteiger partial charge in [-0.15, -0.1) is 0 Å². The molecular formula is C17H17NO3S. The summed E-state index contributed by atoms with van der Waals surface area (Å²) in [6, 6.07) is 17.4. The van der Waals surface area contributed by atoms with Gasteiger partial charge >= 0.3 is 0 Å². The molecule has 5 heteroatoms. The first-order valence-corrected chi connectivity index (χ1v) is 9.02. The normalized spacial score (nSPS) is 17.2. The molecule has 114 valence electrons. The summed E-state index contributed by atoms with van der Waals surface area (Å²) in [7, 11) is -2.97. The second-order valence-electron chi connectivity index (χ2n) is 5.39. The number of sulfone groups is 1. The first-order chi connectivity index (χ1) is 10.6. The van der Waals surface area contributed by atoms with Crippen molar-refractivity contribution in [2.45, 2.75) is 0 Å². The van der Waals surface area contributed by atoms with Crippen molar-refractivity contribution in [1.82, 2.24) is 4.90 Å². The maximum absolute atomic E-state index is 12.4. The Morgan fingerprint density at radius 1 is 0.818 bits per heavy atom. The summed E-state index contributed by atoms with van der Waals surface area (Å²) >= 11 is 0. The van der Waals surface area contributed by atoms with E-state index in [1.165, 1.54) is 0 Å². The number of amides is 1. The summed E-state index contributed by atoms with van der Waals surface area (Å²) in [4.78, 5) is 14.0. The SMILES string of the molecule is O=C(c1ccc(-c2ccccc2)cc1)N1CCS(=O)(=O)CC1. The molecule has 3 rings (SSSR count). The Kier molecular flexibility index (Phi) is 3.98. The summed E-state index contributed by atoms with van der Waals surface area (Å²) in [6.07, 6.45) is 0. The van der Waals surface area contributed by atoms with Crippen LogP contribution in [-0.4, -0.2) is 43.8 Å². The molecule has 1 amide bonds. The van der Waals surface area contributed by atoms with Crippen LogP contribution < -0.4 is 0 Å². The minimum atomic E-state index is -2.97. The van der Waals surface area contributed by atoms with Gasteiger partial charge in [0.15, 0.2) is 9.84 Å². The highest BCUT2D eigenvalue weighted by molar-refractivity contribution is 7.91. The van der Waals surface area contributed by atoms with Crippen LogP contribution in [-0.2, 0) is 9.84 Å². The van der Waals surface area contributed by atoms with Gasteiger partial charge in [0.25, 0.3) is 5.91 Å². The maximum Gasteiger partial charge on any atom is 0.253 e. The van der Waals surface area contributed by atoms with Gasteiger partial charge in [-0.2, -0.15) is 0 Å². The average Bonchev–Trinajstić information content (AvgIpc) is 2.55. The highest BCUT2D eigenvalue weighted by Gasteiger charge is 2.25. The van der Waals surface area contributed by atoms with E-state index in [0.29, 0.717) is 5.56 Å². The van der Waals surface area contributed by atoms with E-state index >= 15 is 0 Å². The lowest BCUT2D eigenvalue weighted by molar-refractivity contribution is 0.0770. The van der Waals surface area contributed by atoms with Crippen LogP contribution in [0.2, 0.25) is 0 Å². The minimum absolute atomic E-state index is 0.0564. The lowest BCUT2D eigenvalue weighted by atomic mass is 10.0. The van der Waals surface area contributed by atoms with Crippen LogP contribution in [0.3, 0.4) is 0 Å². The molecule has 1 aliphatic heterocycles. The Hall–Kier alpha value is -2.14. The van der Waals surface area contributed by atoms with E-state index in [2.05, 4.69) is 0 Å². The molecule has 0 atom stereocenters. The molecule has 1 heterocycles. The number of carbonyl (C=O) groups is 1. The first-order valence-electron chi connectivity index (χ1n) is 7.20. The third kappa shape index (κ3) is 3.20. The molecule has 0 aliphatic carbocycles. The molecule has 2 aromatic rings. The molecule has 0 aromatic heterocycles. The van der Waals surface area contributed by atoms with E-state index < -0.39 is 9.84 Å². The second kappa shape index (κ2) is 5.93. The Labute approximate surface area is 130 Å². The molecule has 1 fully saturated rings. The molecule has 22 heavy (non-hydrogen) atoms. The fourth-order valence-electron chi connectivity index (χ4n) is 2.53. The van der Waals surface area contributed by atoms with E-state index in [1.807, 2.05) is 42.5 Å². The quantitative estimate of drug-likeness (QED) is 0.854. The van der Waals surface area contributed by atoms with Crippen LogP contribution in [0.1, 0.15) is 10.4 Å². The lowest BCUT2D eigenvalue weighted by Gasteiger charge is -2.26. The van der Waals surface area contributed by atoms with Gasteiger partial charge in [0.05, 0.1) is 11.5 Å². The van der Waals surface area contributed by atoms with Gasteiger partial charge in [0, 0.05) is 18.7 Å². The Bertz CT molecular complexity index is 753. The predicted molar refractivity (Wildman–Crippen MR) is 86.4 cm³/mol. The number of carbonyl (C=O) groups excluding carboxylic acids is 1. The van der Waals surface area contributed by atoms with E-state index in [-0.39, 0.29) is 30.5 Å². The van der Waals surface area contributed by atoms with E-state index in [9.17, 15) is 13.2 Å². The third-order valence-electron chi connectivity index (χ3n) is 3.87. The predicted octanol–water partition coefficient (Wildman–Crippen LogP) is 2.22. The molecular weight excluding hydrogens is 298 g/mol. The Balaban J connectivity index is 1.74. The number of hydrogen-bond donors (Lipinski definition) is 0. The summed E-state index contributed by atoms with van der Waals surface area (Å²) in [5.41, 5.74) is 2.75. The minimum Gasteiger partial charge on any atom is -0.337 e. The second-order valence-corrected chi connectivity index (χ2v) is 7.69. The van der Waals surface area contributed by atoms with Crippen molar-refractivity contribution in [3.8, 4) is 11.1 Å². The smallest absolute Gasteiger partial charge is 0.253 e. The van der Waals surface area contributed by atoms with Gasteiger partial charge in [0.2, 0.25) is 0 Å². The van der Waals surface area contributed by atoms with Crippen LogP contribution in [0.5, 0.6) is 0 Å². The Morgan fingerprint density at radius 3 is 1.95 bits per heavy atom. The number of benzene rings is 2. The van der Waals surface area contributed by atoms with Crippen molar-refractivity contribution < 1.29 is 13.2 Å². The zero-order valence-electron chi connectivity index (χ0n) is 12.1.